The van der Waals surface area contributed by atoms with Crippen LogP contribution < -0.4 is 0 Å². The number of hydrogen-bond acceptors (Lipinski definition) is 5. The highest BCUT2D eigenvalue weighted by atomic mass is 32.2. The number of nitrogens with zero attached hydrogens (tertiary/aromatic N) is 1. The Bertz CT molecular complexity index is 597. The number of aryl methyl sites for hydroxylation is 2. The molecule has 1 aliphatic heterocycles. The highest BCUT2D eigenvalue weighted by molar-refractivity contribution is 7.86. The summed E-state index contributed by atoms with van der Waals surface area (Å²) in [6, 6.07) is 0. The van der Waals surface area contributed by atoms with Crippen molar-refractivity contribution in [1.29, 1.82) is 0 Å². The molecule has 1 fully saturated rings. The molecule has 2 rings (SSSR count). The lowest BCUT2D eigenvalue weighted by Gasteiger charge is -2.26. The van der Waals surface area contributed by atoms with Crippen molar-refractivity contribution in [3.8, 4) is 0 Å². The molecule has 8 heteroatoms. The van der Waals surface area contributed by atoms with Crippen molar-refractivity contribution in [2.75, 3.05) is 26.3 Å². The van der Waals surface area contributed by atoms with Crippen LogP contribution in [0.4, 0.5) is 0 Å². The standard InChI is InChI=1S/C11H15NO6S/c1-7-9(10(8(2)18-7)19(14,15)16)11(13)12-3-5-17-6-4-12/h3-6H2,1-2H3,(H,14,15,16). The number of carbonyl (C=O) groups is 1. The molecule has 19 heavy (non-hydrogen) atoms. The van der Waals surface area contributed by atoms with Gasteiger partial charge in [0.15, 0.2) is 0 Å². The van der Waals surface area contributed by atoms with Gasteiger partial charge in [-0.3, -0.25) is 9.35 Å². The SMILES string of the molecule is Cc1oc(C)c(S(=O)(=O)O)c1C(=O)N1CCOCC1. The minimum absolute atomic E-state index is 0.0107. The fourth-order valence-corrected chi connectivity index (χ4v) is 3.04. The van der Waals surface area contributed by atoms with Crippen LogP contribution in [0.3, 0.4) is 0 Å². The van der Waals surface area contributed by atoms with Crippen molar-refractivity contribution < 1.29 is 26.9 Å². The first kappa shape index (κ1) is 14.0. The van der Waals surface area contributed by atoms with Gasteiger partial charge in [-0.1, -0.05) is 0 Å². The van der Waals surface area contributed by atoms with Gasteiger partial charge in [0.2, 0.25) is 0 Å². The number of furan rings is 1. The van der Waals surface area contributed by atoms with Gasteiger partial charge in [0.05, 0.1) is 13.2 Å². The van der Waals surface area contributed by atoms with Crippen LogP contribution in [0.5, 0.6) is 0 Å². The molecule has 1 saturated heterocycles. The van der Waals surface area contributed by atoms with Gasteiger partial charge in [-0.15, -0.1) is 0 Å². The van der Waals surface area contributed by atoms with Crippen LogP contribution in [-0.2, 0) is 14.9 Å². The predicted octanol–water partition coefficient (Wildman–Crippen LogP) is 0.616. The Balaban J connectivity index is 2.47. The molecule has 1 aromatic rings. The van der Waals surface area contributed by atoms with Crippen LogP contribution in [0.15, 0.2) is 9.31 Å². The van der Waals surface area contributed by atoms with Gasteiger partial charge in [0.25, 0.3) is 16.0 Å². The molecule has 0 atom stereocenters. The zero-order valence-corrected chi connectivity index (χ0v) is 11.5. The number of hydrogen-bond donors (Lipinski definition) is 1. The molecule has 106 valence electrons. The van der Waals surface area contributed by atoms with Crippen molar-refractivity contribution in [3.63, 3.8) is 0 Å². The highest BCUT2D eigenvalue weighted by Crippen LogP contribution is 2.27. The minimum Gasteiger partial charge on any atom is -0.464 e. The normalized spacial score (nSPS) is 16.7. The Morgan fingerprint density at radius 1 is 1.21 bits per heavy atom. The third kappa shape index (κ3) is 2.65. The van der Waals surface area contributed by atoms with E-state index in [0.717, 1.165) is 0 Å². The maximum absolute atomic E-state index is 12.3. The summed E-state index contributed by atoms with van der Waals surface area (Å²) in [4.78, 5) is 13.4. The van der Waals surface area contributed by atoms with E-state index in [0.29, 0.717) is 26.3 Å². The van der Waals surface area contributed by atoms with E-state index in [2.05, 4.69) is 0 Å². The van der Waals surface area contributed by atoms with Crippen LogP contribution in [0.2, 0.25) is 0 Å². The average Bonchev–Trinajstić information content (AvgIpc) is 2.64. The van der Waals surface area contributed by atoms with Gasteiger partial charge in [0.1, 0.15) is 22.0 Å². The summed E-state index contributed by atoms with van der Waals surface area (Å²) in [7, 11) is -4.50. The third-order valence-electron chi connectivity index (χ3n) is 2.98. The largest absolute Gasteiger partial charge is 0.464 e. The summed E-state index contributed by atoms with van der Waals surface area (Å²) in [6.45, 7) is 4.47. The third-order valence-corrected chi connectivity index (χ3v) is 3.98. The highest BCUT2D eigenvalue weighted by Gasteiger charge is 2.32. The molecule has 1 aliphatic rings. The molecule has 7 nitrogen and oxygen atoms in total. The number of amides is 1. The molecule has 0 spiro atoms. The van der Waals surface area contributed by atoms with Gasteiger partial charge in [-0.05, 0) is 13.8 Å². The molecule has 0 bridgehead atoms. The average molecular weight is 289 g/mol. The van der Waals surface area contributed by atoms with Crippen molar-refractivity contribution in [1.82, 2.24) is 4.90 Å². The molecule has 0 unspecified atom stereocenters. The Kier molecular flexibility index (Phi) is 3.66. The number of ether oxygens (including phenoxy) is 1. The molecular formula is C11H15NO6S. The molecule has 0 aromatic carbocycles. The molecule has 1 amide bonds. The Hall–Kier alpha value is -1.38. The lowest BCUT2D eigenvalue weighted by atomic mass is 10.2. The Morgan fingerprint density at radius 3 is 2.32 bits per heavy atom. The topological polar surface area (TPSA) is 97.1 Å². The van der Waals surface area contributed by atoms with Crippen molar-refractivity contribution in [3.05, 3.63) is 17.1 Å². The van der Waals surface area contributed by atoms with E-state index < -0.39 is 20.9 Å². The first-order valence-corrected chi connectivity index (χ1v) is 7.21. The van der Waals surface area contributed by atoms with Gasteiger partial charge < -0.3 is 14.1 Å². The fourth-order valence-electron chi connectivity index (χ4n) is 2.15. The second-order valence-corrected chi connectivity index (χ2v) is 5.66. The first-order valence-electron chi connectivity index (χ1n) is 5.77. The van der Waals surface area contributed by atoms with E-state index in [9.17, 15) is 17.8 Å². The van der Waals surface area contributed by atoms with Crippen molar-refractivity contribution >= 4 is 16.0 Å². The summed E-state index contributed by atoms with van der Waals surface area (Å²) < 4.78 is 42.3. The summed E-state index contributed by atoms with van der Waals surface area (Å²) >= 11 is 0. The second-order valence-electron chi connectivity index (χ2n) is 4.30. The lowest BCUT2D eigenvalue weighted by molar-refractivity contribution is 0.0299. The van der Waals surface area contributed by atoms with Crippen LogP contribution in [0.25, 0.3) is 0 Å². The summed E-state index contributed by atoms with van der Waals surface area (Å²) in [5, 5.41) is 0. The molecular weight excluding hydrogens is 274 g/mol. The molecule has 0 aliphatic carbocycles. The van der Waals surface area contributed by atoms with Crippen molar-refractivity contribution in [2.24, 2.45) is 0 Å². The van der Waals surface area contributed by atoms with Crippen LogP contribution in [-0.4, -0.2) is 50.1 Å². The van der Waals surface area contributed by atoms with Gasteiger partial charge in [-0.2, -0.15) is 8.42 Å². The van der Waals surface area contributed by atoms with E-state index >= 15 is 0 Å². The first-order chi connectivity index (χ1) is 8.82. The van der Waals surface area contributed by atoms with E-state index in [1.165, 1.54) is 18.7 Å². The maximum atomic E-state index is 12.3. The zero-order chi connectivity index (χ0) is 14.2. The van der Waals surface area contributed by atoms with E-state index in [4.69, 9.17) is 9.15 Å². The Morgan fingerprint density at radius 2 is 1.79 bits per heavy atom. The van der Waals surface area contributed by atoms with Crippen LogP contribution >= 0.6 is 0 Å². The van der Waals surface area contributed by atoms with E-state index in [1.54, 1.807) is 0 Å². The fraction of sp³-hybridized carbons (Fsp3) is 0.545. The molecule has 1 N–H and O–H groups in total. The van der Waals surface area contributed by atoms with E-state index in [1.807, 2.05) is 0 Å². The Labute approximate surface area is 110 Å². The number of rotatable bonds is 2. The van der Waals surface area contributed by atoms with Crippen LogP contribution in [0.1, 0.15) is 21.9 Å². The maximum Gasteiger partial charge on any atom is 0.298 e. The molecule has 0 radical (unpaired) electrons. The van der Waals surface area contributed by atoms with Gasteiger partial charge in [0, 0.05) is 13.1 Å². The van der Waals surface area contributed by atoms with Gasteiger partial charge >= 0.3 is 0 Å². The summed E-state index contributed by atoms with van der Waals surface area (Å²) in [5.74, 6) is -0.275. The number of morpholine rings is 1. The summed E-state index contributed by atoms with van der Waals surface area (Å²) in [6.07, 6.45) is 0. The number of carbonyl (C=O) groups excluding carboxylic acids is 1. The van der Waals surface area contributed by atoms with Crippen molar-refractivity contribution in [2.45, 2.75) is 18.7 Å². The van der Waals surface area contributed by atoms with E-state index in [-0.39, 0.29) is 17.1 Å². The van der Waals surface area contributed by atoms with Crippen LogP contribution in [0, 0.1) is 13.8 Å². The summed E-state index contributed by atoms with van der Waals surface area (Å²) in [5.41, 5.74) is -0.0955. The monoisotopic (exact) mass is 289 g/mol. The van der Waals surface area contributed by atoms with Gasteiger partial charge in [-0.25, -0.2) is 0 Å². The molecule has 1 aromatic heterocycles. The predicted molar refractivity (Wildman–Crippen MR) is 64.7 cm³/mol. The zero-order valence-electron chi connectivity index (χ0n) is 10.7. The smallest absolute Gasteiger partial charge is 0.298 e. The quantitative estimate of drug-likeness (QED) is 0.801. The lowest BCUT2D eigenvalue weighted by Crippen LogP contribution is -2.41. The molecule has 0 saturated carbocycles. The minimum atomic E-state index is -4.50. The second kappa shape index (κ2) is 4.95. The molecule has 2 heterocycles.